The molecule has 0 aliphatic heterocycles. The molecule has 3 amide bonds. The largest absolute Gasteiger partial charge is 0.481 e. The third kappa shape index (κ3) is 14.7. The van der Waals surface area contributed by atoms with Gasteiger partial charge in [-0.15, -0.1) is 0 Å². The molecular formula is C20H30N4O13. The molecule has 0 saturated carbocycles. The minimum Gasteiger partial charge on any atom is -0.481 e. The van der Waals surface area contributed by atoms with E-state index < -0.39 is 117 Å². The maximum atomic E-state index is 12.8. The third-order valence-corrected chi connectivity index (χ3v) is 4.84. The summed E-state index contributed by atoms with van der Waals surface area (Å²) in [7, 11) is 0. The van der Waals surface area contributed by atoms with Crippen LogP contribution in [0, 0.1) is 0 Å². The minimum atomic E-state index is -1.67. The summed E-state index contributed by atoms with van der Waals surface area (Å²) in [5.41, 5.74) is 5.31. The van der Waals surface area contributed by atoms with Crippen LogP contribution in [0.2, 0.25) is 0 Å². The first kappa shape index (κ1) is 32.7. The van der Waals surface area contributed by atoms with Crippen molar-refractivity contribution in [1.29, 1.82) is 0 Å². The summed E-state index contributed by atoms with van der Waals surface area (Å²) in [4.78, 5) is 92.3. The molecule has 4 atom stereocenters. The van der Waals surface area contributed by atoms with Crippen LogP contribution >= 0.6 is 0 Å². The summed E-state index contributed by atoms with van der Waals surface area (Å²) >= 11 is 0. The van der Waals surface area contributed by atoms with Gasteiger partial charge in [-0.25, -0.2) is 4.79 Å². The van der Waals surface area contributed by atoms with E-state index in [1.807, 2.05) is 5.32 Å². The highest BCUT2D eigenvalue weighted by molar-refractivity contribution is 5.94. The Morgan fingerprint density at radius 1 is 0.514 bits per heavy atom. The van der Waals surface area contributed by atoms with Gasteiger partial charge < -0.3 is 47.2 Å². The number of aliphatic carboxylic acids is 5. The average molecular weight is 534 g/mol. The van der Waals surface area contributed by atoms with Crippen molar-refractivity contribution < 1.29 is 63.9 Å². The van der Waals surface area contributed by atoms with E-state index in [0.717, 1.165) is 0 Å². The van der Waals surface area contributed by atoms with Crippen LogP contribution in [0.1, 0.15) is 51.4 Å². The lowest BCUT2D eigenvalue weighted by Gasteiger charge is -2.24. The standard InChI is InChI=1S/C20H30N4O13/c21-9(19(34)35)1-5-13(25)22-10(2-6-14(26)27)17(32)23-11(3-7-15(28)29)18(33)24-12(20(36)37)4-8-16(30)31/h9-12H,1-8,21H2,(H,22,25)(H,23,32)(H,24,33)(H,26,27)(H,28,29)(H,30,31)(H,34,35)(H,36,37)/t9-,10-,11-,12-/m0/s1. The predicted molar refractivity (Wildman–Crippen MR) is 119 cm³/mol. The second kappa shape index (κ2) is 16.4. The molecule has 0 saturated heterocycles. The summed E-state index contributed by atoms with van der Waals surface area (Å²) in [6, 6.07) is -6.22. The van der Waals surface area contributed by atoms with E-state index in [9.17, 15) is 43.5 Å². The number of rotatable bonds is 19. The van der Waals surface area contributed by atoms with Crippen molar-refractivity contribution in [2.75, 3.05) is 0 Å². The van der Waals surface area contributed by atoms with Crippen molar-refractivity contribution in [3.63, 3.8) is 0 Å². The van der Waals surface area contributed by atoms with Crippen LogP contribution in [0.15, 0.2) is 0 Å². The van der Waals surface area contributed by atoms with E-state index in [1.165, 1.54) is 0 Å². The first-order chi connectivity index (χ1) is 17.1. The van der Waals surface area contributed by atoms with Crippen LogP contribution in [0.3, 0.4) is 0 Å². The molecule has 0 aromatic carbocycles. The van der Waals surface area contributed by atoms with Gasteiger partial charge in [-0.1, -0.05) is 0 Å². The Kier molecular flexibility index (Phi) is 14.5. The zero-order valence-corrected chi connectivity index (χ0v) is 19.5. The second-order valence-electron chi connectivity index (χ2n) is 7.86. The molecule has 17 heteroatoms. The lowest BCUT2D eigenvalue weighted by molar-refractivity contribution is -0.144. The smallest absolute Gasteiger partial charge is 0.326 e. The van der Waals surface area contributed by atoms with Gasteiger partial charge in [-0.3, -0.25) is 33.6 Å². The molecule has 0 aromatic heterocycles. The molecule has 37 heavy (non-hydrogen) atoms. The highest BCUT2D eigenvalue weighted by Gasteiger charge is 2.30. The number of carboxylic acids is 5. The summed E-state index contributed by atoms with van der Waals surface area (Å²) in [5, 5.41) is 50.9. The molecule has 0 aliphatic rings. The molecule has 0 fully saturated rings. The summed E-state index contributed by atoms with van der Waals surface area (Å²) in [5.74, 6) is -10.1. The highest BCUT2D eigenvalue weighted by Crippen LogP contribution is 2.06. The second-order valence-corrected chi connectivity index (χ2v) is 7.86. The van der Waals surface area contributed by atoms with E-state index in [2.05, 4.69) is 10.6 Å². The molecule has 0 spiro atoms. The molecule has 10 N–H and O–H groups in total. The van der Waals surface area contributed by atoms with Crippen LogP contribution in [-0.2, 0) is 38.4 Å². The van der Waals surface area contributed by atoms with Crippen molar-refractivity contribution in [2.45, 2.75) is 75.5 Å². The molecule has 0 heterocycles. The molecule has 0 unspecified atom stereocenters. The number of nitrogens with one attached hydrogen (secondary N) is 3. The van der Waals surface area contributed by atoms with Crippen molar-refractivity contribution in [3.8, 4) is 0 Å². The van der Waals surface area contributed by atoms with Crippen molar-refractivity contribution in [1.82, 2.24) is 16.0 Å². The minimum absolute atomic E-state index is 0.301. The Morgan fingerprint density at radius 3 is 1.27 bits per heavy atom. The van der Waals surface area contributed by atoms with Gasteiger partial charge in [-0.05, 0) is 25.7 Å². The van der Waals surface area contributed by atoms with Gasteiger partial charge in [0.1, 0.15) is 24.2 Å². The van der Waals surface area contributed by atoms with E-state index in [4.69, 9.17) is 26.2 Å². The summed E-state index contributed by atoms with van der Waals surface area (Å²) < 4.78 is 0. The normalized spacial score (nSPS) is 13.8. The number of amides is 3. The van der Waals surface area contributed by atoms with Gasteiger partial charge in [0.2, 0.25) is 17.7 Å². The lowest BCUT2D eigenvalue weighted by atomic mass is 10.1. The van der Waals surface area contributed by atoms with Crippen LogP contribution < -0.4 is 21.7 Å². The zero-order valence-electron chi connectivity index (χ0n) is 19.5. The van der Waals surface area contributed by atoms with Crippen molar-refractivity contribution in [2.24, 2.45) is 5.73 Å². The van der Waals surface area contributed by atoms with Gasteiger partial charge in [0.15, 0.2) is 0 Å². The SMILES string of the molecule is N[C@@H](CCC(=O)N[C@@H](CCC(=O)O)C(=O)N[C@@H](CCC(=O)O)C(=O)N[C@@H](CCC(=O)O)C(=O)O)C(=O)O. The van der Waals surface area contributed by atoms with E-state index in [1.54, 1.807) is 0 Å². The predicted octanol–water partition coefficient (Wildman–Crippen LogP) is -2.69. The Hall–Kier alpha value is -4.28. The Balaban J connectivity index is 5.57. The summed E-state index contributed by atoms with van der Waals surface area (Å²) in [6.07, 6.45) is -4.08. The molecule has 0 radical (unpaired) electrons. The van der Waals surface area contributed by atoms with E-state index >= 15 is 0 Å². The number of hydrogen-bond acceptors (Lipinski definition) is 9. The zero-order chi connectivity index (χ0) is 28.7. The van der Waals surface area contributed by atoms with Gasteiger partial charge in [0, 0.05) is 25.7 Å². The number of nitrogens with two attached hydrogens (primary N) is 1. The molecule has 17 nitrogen and oxygen atoms in total. The monoisotopic (exact) mass is 534 g/mol. The van der Waals surface area contributed by atoms with Crippen molar-refractivity contribution >= 4 is 47.6 Å². The van der Waals surface area contributed by atoms with E-state index in [-0.39, 0.29) is 6.42 Å². The Bertz CT molecular complexity index is 891. The fourth-order valence-corrected chi connectivity index (χ4v) is 2.82. The van der Waals surface area contributed by atoms with Gasteiger partial charge in [-0.2, -0.15) is 0 Å². The van der Waals surface area contributed by atoms with Crippen LogP contribution in [-0.4, -0.2) is 97.3 Å². The summed E-state index contributed by atoms with van der Waals surface area (Å²) in [6.45, 7) is 0. The fraction of sp³-hybridized carbons (Fsp3) is 0.600. The molecular weight excluding hydrogens is 504 g/mol. The molecule has 0 aliphatic carbocycles. The first-order valence-electron chi connectivity index (χ1n) is 10.9. The van der Waals surface area contributed by atoms with Crippen LogP contribution in [0.25, 0.3) is 0 Å². The fourth-order valence-electron chi connectivity index (χ4n) is 2.82. The van der Waals surface area contributed by atoms with Gasteiger partial charge in [0.25, 0.3) is 0 Å². The van der Waals surface area contributed by atoms with E-state index in [0.29, 0.717) is 0 Å². The van der Waals surface area contributed by atoms with Crippen LogP contribution in [0.5, 0.6) is 0 Å². The molecule has 0 bridgehead atoms. The maximum absolute atomic E-state index is 12.8. The third-order valence-electron chi connectivity index (χ3n) is 4.84. The molecule has 0 aromatic rings. The first-order valence-corrected chi connectivity index (χ1v) is 10.9. The average Bonchev–Trinajstić information content (AvgIpc) is 2.79. The topological polar surface area (TPSA) is 300 Å². The molecule has 208 valence electrons. The lowest BCUT2D eigenvalue weighted by Crippen LogP contribution is -2.56. The van der Waals surface area contributed by atoms with Gasteiger partial charge >= 0.3 is 29.8 Å². The Labute approximate surface area is 209 Å². The molecule has 0 rings (SSSR count). The van der Waals surface area contributed by atoms with Crippen LogP contribution in [0.4, 0.5) is 0 Å². The highest BCUT2D eigenvalue weighted by atomic mass is 16.4. The number of carbonyl (C=O) groups is 8. The number of carbonyl (C=O) groups excluding carboxylic acids is 3. The number of carboxylic acid groups (broad SMARTS) is 5. The van der Waals surface area contributed by atoms with Crippen molar-refractivity contribution in [3.05, 3.63) is 0 Å². The Morgan fingerprint density at radius 2 is 0.892 bits per heavy atom. The van der Waals surface area contributed by atoms with Gasteiger partial charge in [0.05, 0.1) is 0 Å². The quantitative estimate of drug-likeness (QED) is 0.0815. The maximum Gasteiger partial charge on any atom is 0.326 e. The number of hydrogen-bond donors (Lipinski definition) is 9.